The number of nitrogens with zero attached hydrogens (tertiary/aromatic N) is 1. The van der Waals surface area contributed by atoms with Crippen LogP contribution in [0.1, 0.15) is 49.9 Å². The van der Waals surface area contributed by atoms with Crippen LogP contribution in [0.25, 0.3) is 0 Å². The highest BCUT2D eigenvalue weighted by molar-refractivity contribution is 5.98. The Labute approximate surface area is 153 Å². The molecule has 1 aromatic carbocycles. The van der Waals surface area contributed by atoms with Crippen LogP contribution in [0.3, 0.4) is 0 Å². The Balaban J connectivity index is 1.67. The monoisotopic (exact) mass is 361 g/mol. The topological polar surface area (TPSA) is 93.9 Å². The van der Waals surface area contributed by atoms with Gasteiger partial charge >= 0.3 is 0 Å². The Morgan fingerprint density at radius 2 is 2.00 bits per heavy atom. The van der Waals surface area contributed by atoms with E-state index in [9.17, 15) is 9.59 Å². The summed E-state index contributed by atoms with van der Waals surface area (Å²) in [5.41, 5.74) is 6.36. The van der Waals surface area contributed by atoms with Crippen molar-refractivity contribution in [2.75, 3.05) is 19.9 Å². The molecule has 1 aromatic rings. The third-order valence-corrected chi connectivity index (χ3v) is 5.46. The number of nitrogens with two attached hydrogens (primary N) is 1. The van der Waals surface area contributed by atoms with Crippen LogP contribution in [0, 0.1) is 0 Å². The zero-order valence-corrected chi connectivity index (χ0v) is 15.4. The number of hydrogen-bond acceptors (Lipinski definition) is 5. The minimum absolute atomic E-state index is 0.131. The third-order valence-electron chi connectivity index (χ3n) is 5.46. The summed E-state index contributed by atoms with van der Waals surface area (Å²) in [6.45, 7) is 5.18. The molecule has 0 aliphatic carbocycles. The van der Waals surface area contributed by atoms with Gasteiger partial charge in [0.15, 0.2) is 11.5 Å². The molecule has 0 saturated carbocycles. The summed E-state index contributed by atoms with van der Waals surface area (Å²) in [6, 6.07) is 4.66. The molecule has 0 aromatic heterocycles. The number of rotatable bonds is 6. The number of ether oxygens (including phenoxy) is 2. The Kier molecular flexibility index (Phi) is 5.36. The fourth-order valence-corrected chi connectivity index (χ4v) is 3.36. The van der Waals surface area contributed by atoms with Gasteiger partial charge in [-0.05, 0) is 43.9 Å². The highest BCUT2D eigenvalue weighted by Crippen LogP contribution is 2.33. The molecular weight excluding hydrogens is 334 g/mol. The van der Waals surface area contributed by atoms with Gasteiger partial charge in [0.25, 0.3) is 5.91 Å². The van der Waals surface area contributed by atoms with Crippen molar-refractivity contribution in [2.24, 2.45) is 5.73 Å². The normalized spacial score (nSPS) is 18.9. The van der Waals surface area contributed by atoms with Gasteiger partial charge in [-0.2, -0.15) is 0 Å². The lowest BCUT2D eigenvalue weighted by Gasteiger charge is -2.29. The summed E-state index contributed by atoms with van der Waals surface area (Å²) in [4.78, 5) is 27.2. The first-order valence-electron chi connectivity index (χ1n) is 9.24. The lowest BCUT2D eigenvalue weighted by Crippen LogP contribution is -2.53. The zero-order valence-electron chi connectivity index (χ0n) is 15.4. The maximum atomic E-state index is 12.9. The lowest BCUT2D eigenvalue weighted by molar-refractivity contribution is -0.125. The Hall–Kier alpha value is -2.28. The average Bonchev–Trinajstić information content (AvgIpc) is 3.33. The van der Waals surface area contributed by atoms with Crippen LogP contribution in [-0.4, -0.2) is 48.2 Å². The van der Waals surface area contributed by atoms with Crippen LogP contribution in [-0.2, 0) is 4.79 Å². The SMILES string of the molecule is CCC(N)(CC)CNC(=O)C1CCCN1C(=O)c1ccc2c(c1)OCO2. The number of carbonyl (C=O) groups excluding carboxylic acids is 2. The average molecular weight is 361 g/mol. The van der Waals surface area contributed by atoms with Crippen LogP contribution in [0.4, 0.5) is 0 Å². The second-order valence-electron chi connectivity index (χ2n) is 7.01. The van der Waals surface area contributed by atoms with Crippen molar-refractivity contribution < 1.29 is 19.1 Å². The smallest absolute Gasteiger partial charge is 0.254 e. The van der Waals surface area contributed by atoms with Crippen molar-refractivity contribution in [3.05, 3.63) is 23.8 Å². The van der Waals surface area contributed by atoms with Crippen molar-refractivity contribution in [1.29, 1.82) is 0 Å². The molecule has 2 heterocycles. The summed E-state index contributed by atoms with van der Waals surface area (Å²) in [7, 11) is 0. The van der Waals surface area contributed by atoms with Gasteiger partial charge in [-0.15, -0.1) is 0 Å². The molecule has 1 atom stereocenters. The molecular formula is C19H27N3O4. The highest BCUT2D eigenvalue weighted by atomic mass is 16.7. The second-order valence-corrected chi connectivity index (χ2v) is 7.01. The maximum Gasteiger partial charge on any atom is 0.254 e. The summed E-state index contributed by atoms with van der Waals surface area (Å²) in [6.07, 6.45) is 3.05. The van der Waals surface area contributed by atoms with Gasteiger partial charge in [-0.3, -0.25) is 9.59 Å². The van der Waals surface area contributed by atoms with E-state index in [1.807, 2.05) is 13.8 Å². The van der Waals surface area contributed by atoms with Crippen LogP contribution in [0.5, 0.6) is 11.5 Å². The van der Waals surface area contributed by atoms with Crippen LogP contribution < -0.4 is 20.5 Å². The number of hydrogen-bond donors (Lipinski definition) is 2. The number of amides is 2. The van der Waals surface area contributed by atoms with E-state index in [2.05, 4.69) is 5.32 Å². The summed E-state index contributed by atoms with van der Waals surface area (Å²) >= 11 is 0. The molecule has 2 aliphatic heterocycles. The second kappa shape index (κ2) is 7.53. The number of fused-ring (bicyclic) bond motifs is 1. The molecule has 7 nitrogen and oxygen atoms in total. The Morgan fingerprint density at radius 1 is 1.27 bits per heavy atom. The van der Waals surface area contributed by atoms with E-state index >= 15 is 0 Å². The quantitative estimate of drug-likeness (QED) is 0.804. The molecule has 26 heavy (non-hydrogen) atoms. The van der Waals surface area contributed by atoms with Gasteiger partial charge < -0.3 is 25.4 Å². The summed E-state index contributed by atoms with van der Waals surface area (Å²) in [5, 5.41) is 2.94. The number of nitrogens with one attached hydrogen (secondary N) is 1. The van der Waals surface area contributed by atoms with Gasteiger partial charge in [0.1, 0.15) is 6.04 Å². The number of carbonyl (C=O) groups is 2. The van der Waals surface area contributed by atoms with E-state index < -0.39 is 11.6 Å². The molecule has 0 radical (unpaired) electrons. The number of benzene rings is 1. The highest BCUT2D eigenvalue weighted by Gasteiger charge is 2.35. The van der Waals surface area contributed by atoms with Gasteiger partial charge in [-0.25, -0.2) is 0 Å². The van der Waals surface area contributed by atoms with Gasteiger partial charge in [-0.1, -0.05) is 13.8 Å². The van der Waals surface area contributed by atoms with Crippen molar-refractivity contribution in [3.8, 4) is 11.5 Å². The lowest BCUT2D eigenvalue weighted by atomic mass is 9.94. The summed E-state index contributed by atoms with van der Waals surface area (Å²) in [5.74, 6) is 0.907. The third kappa shape index (κ3) is 3.62. The largest absolute Gasteiger partial charge is 0.454 e. The molecule has 0 spiro atoms. The number of likely N-dealkylation sites (tertiary alicyclic amines) is 1. The standard InChI is InChI=1S/C19H27N3O4/c1-3-19(20,4-2)11-21-17(23)14-6-5-9-22(14)18(24)13-7-8-15-16(10-13)26-12-25-15/h7-8,10,14H,3-6,9,11-12,20H2,1-2H3,(H,21,23). The van der Waals surface area contributed by atoms with Crippen LogP contribution in [0.15, 0.2) is 18.2 Å². The van der Waals surface area contributed by atoms with Crippen molar-refractivity contribution in [2.45, 2.75) is 51.1 Å². The Morgan fingerprint density at radius 3 is 2.73 bits per heavy atom. The zero-order chi connectivity index (χ0) is 18.7. The van der Waals surface area contributed by atoms with E-state index in [0.29, 0.717) is 36.6 Å². The Bertz CT molecular complexity index is 687. The molecule has 3 N–H and O–H groups in total. The summed E-state index contributed by atoms with van der Waals surface area (Å²) < 4.78 is 10.6. The predicted octanol–water partition coefficient (Wildman–Crippen LogP) is 1.65. The van der Waals surface area contributed by atoms with E-state index in [1.165, 1.54) is 0 Å². The van der Waals surface area contributed by atoms with Crippen molar-refractivity contribution >= 4 is 11.8 Å². The van der Waals surface area contributed by atoms with Crippen molar-refractivity contribution in [1.82, 2.24) is 10.2 Å². The fourth-order valence-electron chi connectivity index (χ4n) is 3.36. The molecule has 1 fully saturated rings. The molecule has 2 aliphatic rings. The van der Waals surface area contributed by atoms with Gasteiger partial charge in [0.2, 0.25) is 12.7 Å². The van der Waals surface area contributed by atoms with E-state index in [-0.39, 0.29) is 18.6 Å². The molecule has 1 unspecified atom stereocenters. The van der Waals surface area contributed by atoms with E-state index in [0.717, 1.165) is 19.3 Å². The molecule has 0 bridgehead atoms. The van der Waals surface area contributed by atoms with Crippen molar-refractivity contribution in [3.63, 3.8) is 0 Å². The van der Waals surface area contributed by atoms with E-state index in [4.69, 9.17) is 15.2 Å². The molecule has 7 heteroatoms. The molecule has 3 rings (SSSR count). The van der Waals surface area contributed by atoms with Crippen LogP contribution >= 0.6 is 0 Å². The fraction of sp³-hybridized carbons (Fsp3) is 0.579. The first-order valence-corrected chi connectivity index (χ1v) is 9.24. The molecule has 142 valence electrons. The van der Waals surface area contributed by atoms with E-state index in [1.54, 1.807) is 23.1 Å². The maximum absolute atomic E-state index is 12.9. The van der Waals surface area contributed by atoms with Gasteiger partial charge in [0.05, 0.1) is 0 Å². The van der Waals surface area contributed by atoms with Crippen LogP contribution in [0.2, 0.25) is 0 Å². The molecule has 2 amide bonds. The molecule has 1 saturated heterocycles. The van der Waals surface area contributed by atoms with Gasteiger partial charge in [0, 0.05) is 24.2 Å². The first kappa shape index (κ1) is 18.5. The first-order chi connectivity index (χ1) is 12.5. The predicted molar refractivity (Wildman–Crippen MR) is 97.1 cm³/mol. The minimum atomic E-state index is -0.453. The minimum Gasteiger partial charge on any atom is -0.454 e.